The Labute approximate surface area is 110 Å². The summed E-state index contributed by atoms with van der Waals surface area (Å²) < 4.78 is 0. The molecule has 0 aliphatic heterocycles. The number of hydrogen-bond donors (Lipinski definition) is 2. The molecule has 1 aliphatic rings. The number of aliphatic hydroxyl groups is 1. The van der Waals surface area contributed by atoms with Gasteiger partial charge < -0.3 is 10.8 Å². The first-order chi connectivity index (χ1) is 8.57. The molecule has 0 radical (unpaired) electrons. The lowest BCUT2D eigenvalue weighted by atomic mass is 9.74. The van der Waals surface area contributed by atoms with Crippen LogP contribution in [0.25, 0.3) is 0 Å². The summed E-state index contributed by atoms with van der Waals surface area (Å²) in [4.78, 5) is 0. The van der Waals surface area contributed by atoms with Crippen LogP contribution < -0.4 is 5.73 Å². The number of nitrogens with two attached hydrogens (primary N) is 1. The molecule has 0 spiro atoms. The summed E-state index contributed by atoms with van der Waals surface area (Å²) >= 11 is 0. The van der Waals surface area contributed by atoms with E-state index in [1.807, 2.05) is 0 Å². The van der Waals surface area contributed by atoms with Crippen LogP contribution >= 0.6 is 0 Å². The SMILES string of the molecule is CC(C)C(O)(CN)CC1CCCc2ccccc21. The lowest BCUT2D eigenvalue weighted by Crippen LogP contribution is -2.44. The summed E-state index contributed by atoms with van der Waals surface area (Å²) in [5.74, 6) is 0.669. The third kappa shape index (κ3) is 2.60. The minimum absolute atomic E-state index is 0.205. The summed E-state index contributed by atoms with van der Waals surface area (Å²) in [6.45, 7) is 4.46. The van der Waals surface area contributed by atoms with Crippen LogP contribution in [0.1, 0.15) is 50.2 Å². The summed E-state index contributed by atoms with van der Waals surface area (Å²) in [7, 11) is 0. The van der Waals surface area contributed by atoms with E-state index in [4.69, 9.17) is 5.73 Å². The number of hydrogen-bond acceptors (Lipinski definition) is 2. The van der Waals surface area contributed by atoms with E-state index in [1.165, 1.54) is 30.4 Å². The highest BCUT2D eigenvalue weighted by Crippen LogP contribution is 2.38. The van der Waals surface area contributed by atoms with Gasteiger partial charge in [0.2, 0.25) is 0 Å². The van der Waals surface area contributed by atoms with E-state index in [9.17, 15) is 5.11 Å². The van der Waals surface area contributed by atoms with Crippen molar-refractivity contribution in [2.24, 2.45) is 11.7 Å². The molecular weight excluding hydrogens is 222 g/mol. The fraction of sp³-hybridized carbons (Fsp3) is 0.625. The standard InChI is InChI=1S/C16H25NO/c1-12(2)16(18,11-17)10-14-8-5-7-13-6-3-4-9-15(13)14/h3-4,6,9,12,14,18H,5,7-8,10-11,17H2,1-2H3. The van der Waals surface area contributed by atoms with E-state index in [0.29, 0.717) is 12.5 Å². The summed E-state index contributed by atoms with van der Waals surface area (Å²) in [5, 5.41) is 10.7. The normalized spacial score (nSPS) is 22.6. The van der Waals surface area contributed by atoms with Gasteiger partial charge in [0.05, 0.1) is 5.60 Å². The van der Waals surface area contributed by atoms with Crippen molar-refractivity contribution in [1.82, 2.24) is 0 Å². The third-order valence-electron chi connectivity index (χ3n) is 4.52. The molecule has 2 heteroatoms. The Balaban J connectivity index is 2.21. The monoisotopic (exact) mass is 247 g/mol. The zero-order chi connectivity index (χ0) is 13.2. The van der Waals surface area contributed by atoms with Gasteiger partial charge in [-0.2, -0.15) is 0 Å². The largest absolute Gasteiger partial charge is 0.388 e. The maximum absolute atomic E-state index is 10.7. The molecule has 1 aromatic carbocycles. The molecule has 0 aromatic heterocycles. The maximum Gasteiger partial charge on any atom is 0.0797 e. The molecule has 0 saturated carbocycles. The van der Waals surface area contributed by atoms with E-state index in [1.54, 1.807) is 0 Å². The first-order valence-corrected chi connectivity index (χ1v) is 7.07. The molecule has 2 atom stereocenters. The van der Waals surface area contributed by atoms with Crippen molar-refractivity contribution in [1.29, 1.82) is 0 Å². The third-order valence-corrected chi connectivity index (χ3v) is 4.52. The van der Waals surface area contributed by atoms with Crippen molar-refractivity contribution in [3.05, 3.63) is 35.4 Å². The fourth-order valence-corrected chi connectivity index (χ4v) is 3.05. The van der Waals surface area contributed by atoms with Crippen LogP contribution in [0.3, 0.4) is 0 Å². The van der Waals surface area contributed by atoms with Crippen molar-refractivity contribution >= 4 is 0 Å². The molecule has 0 heterocycles. The van der Waals surface area contributed by atoms with Crippen molar-refractivity contribution in [3.8, 4) is 0 Å². The van der Waals surface area contributed by atoms with E-state index in [-0.39, 0.29) is 5.92 Å². The van der Waals surface area contributed by atoms with Crippen LogP contribution in [-0.4, -0.2) is 17.3 Å². The van der Waals surface area contributed by atoms with Crippen LogP contribution in [0.4, 0.5) is 0 Å². The lowest BCUT2D eigenvalue weighted by molar-refractivity contribution is -0.0118. The van der Waals surface area contributed by atoms with Gasteiger partial charge in [0.1, 0.15) is 0 Å². The quantitative estimate of drug-likeness (QED) is 0.859. The minimum atomic E-state index is -0.727. The minimum Gasteiger partial charge on any atom is -0.388 e. The molecule has 0 bridgehead atoms. The molecule has 2 rings (SSSR count). The molecule has 0 fully saturated rings. The zero-order valence-corrected chi connectivity index (χ0v) is 11.5. The second kappa shape index (κ2) is 5.41. The second-order valence-corrected chi connectivity index (χ2v) is 5.95. The Hall–Kier alpha value is -0.860. The van der Waals surface area contributed by atoms with E-state index in [2.05, 4.69) is 38.1 Å². The van der Waals surface area contributed by atoms with E-state index >= 15 is 0 Å². The Bertz CT molecular complexity index is 402. The highest BCUT2D eigenvalue weighted by atomic mass is 16.3. The van der Waals surface area contributed by atoms with Crippen molar-refractivity contribution < 1.29 is 5.11 Å². The topological polar surface area (TPSA) is 46.2 Å². The predicted octanol–water partition coefficient (Wildman–Crippen LogP) is 2.84. The van der Waals surface area contributed by atoms with Gasteiger partial charge in [-0.25, -0.2) is 0 Å². The Morgan fingerprint density at radius 1 is 1.39 bits per heavy atom. The van der Waals surface area contributed by atoms with Crippen molar-refractivity contribution in [2.45, 2.75) is 51.0 Å². The van der Waals surface area contributed by atoms with Crippen LogP contribution in [0.5, 0.6) is 0 Å². The molecule has 1 aliphatic carbocycles. The molecule has 0 amide bonds. The van der Waals surface area contributed by atoms with Gasteiger partial charge in [0.15, 0.2) is 0 Å². The number of aryl methyl sites for hydroxylation is 1. The van der Waals surface area contributed by atoms with Crippen LogP contribution in [0, 0.1) is 5.92 Å². The van der Waals surface area contributed by atoms with Crippen LogP contribution in [0.15, 0.2) is 24.3 Å². The predicted molar refractivity (Wildman–Crippen MR) is 75.6 cm³/mol. The Morgan fingerprint density at radius 2 is 2.11 bits per heavy atom. The molecule has 2 nitrogen and oxygen atoms in total. The van der Waals surface area contributed by atoms with Gasteiger partial charge in [-0.15, -0.1) is 0 Å². The van der Waals surface area contributed by atoms with Gasteiger partial charge in [0.25, 0.3) is 0 Å². The Morgan fingerprint density at radius 3 is 2.78 bits per heavy atom. The van der Waals surface area contributed by atoms with Crippen LogP contribution in [-0.2, 0) is 6.42 Å². The van der Waals surface area contributed by atoms with Crippen molar-refractivity contribution in [2.75, 3.05) is 6.54 Å². The molecule has 0 saturated heterocycles. The van der Waals surface area contributed by atoms with Gasteiger partial charge in [-0.1, -0.05) is 38.1 Å². The van der Waals surface area contributed by atoms with Gasteiger partial charge in [0, 0.05) is 6.54 Å². The van der Waals surface area contributed by atoms with Gasteiger partial charge >= 0.3 is 0 Å². The first kappa shape index (κ1) is 13.6. The Kier molecular flexibility index (Phi) is 4.08. The highest BCUT2D eigenvalue weighted by molar-refractivity contribution is 5.32. The first-order valence-electron chi connectivity index (χ1n) is 7.07. The molecule has 1 aromatic rings. The smallest absolute Gasteiger partial charge is 0.0797 e. The van der Waals surface area contributed by atoms with Gasteiger partial charge in [-0.05, 0) is 48.6 Å². The lowest BCUT2D eigenvalue weighted by Gasteiger charge is -2.36. The number of benzene rings is 1. The molecule has 2 unspecified atom stereocenters. The summed E-state index contributed by atoms with van der Waals surface area (Å²) in [6.07, 6.45) is 4.36. The number of fused-ring (bicyclic) bond motifs is 1. The molecule has 100 valence electrons. The van der Waals surface area contributed by atoms with E-state index in [0.717, 1.165) is 6.42 Å². The van der Waals surface area contributed by atoms with Crippen LogP contribution in [0.2, 0.25) is 0 Å². The highest BCUT2D eigenvalue weighted by Gasteiger charge is 2.34. The molecule has 18 heavy (non-hydrogen) atoms. The number of rotatable bonds is 4. The van der Waals surface area contributed by atoms with Crippen molar-refractivity contribution in [3.63, 3.8) is 0 Å². The van der Waals surface area contributed by atoms with E-state index < -0.39 is 5.60 Å². The maximum atomic E-state index is 10.7. The average molecular weight is 247 g/mol. The summed E-state index contributed by atoms with van der Waals surface area (Å²) in [5.41, 5.74) is 7.95. The zero-order valence-electron chi connectivity index (χ0n) is 11.5. The average Bonchev–Trinajstić information content (AvgIpc) is 2.39. The summed E-state index contributed by atoms with van der Waals surface area (Å²) in [6, 6.07) is 8.65. The molecular formula is C16H25NO. The second-order valence-electron chi connectivity index (χ2n) is 5.95. The van der Waals surface area contributed by atoms with Gasteiger partial charge in [-0.3, -0.25) is 0 Å². The fourth-order valence-electron chi connectivity index (χ4n) is 3.05. The molecule has 3 N–H and O–H groups in total.